The van der Waals surface area contributed by atoms with Crippen molar-refractivity contribution in [1.82, 2.24) is 10.2 Å². The van der Waals surface area contributed by atoms with Crippen molar-refractivity contribution in [3.05, 3.63) is 99.9 Å². The monoisotopic (exact) mass is 591 g/mol. The Balaban J connectivity index is 1.42. The molecule has 232 valence electrons. The molecule has 4 N–H and O–H groups in total. The number of aryl methyl sites for hydroxylation is 3. The number of aliphatic hydroxyl groups is 1. The van der Waals surface area contributed by atoms with Crippen molar-refractivity contribution in [1.29, 1.82) is 0 Å². The van der Waals surface area contributed by atoms with Crippen molar-refractivity contribution in [3.63, 3.8) is 0 Å². The molecule has 7 nitrogen and oxygen atoms in total. The molecule has 0 aliphatic rings. The first-order chi connectivity index (χ1) is 20.7. The van der Waals surface area contributed by atoms with Crippen LogP contribution in [0.25, 0.3) is 0 Å². The SMILES string of the molecule is CCCN(CCCCOc1cc(F)cc(CC[C@H](O)CNCc2cccc(CC)c2)c1)C(=O)c1cc(C)cc(C(N)=O)c1. The number of primary amides is 1. The third-order valence-electron chi connectivity index (χ3n) is 7.29. The molecule has 0 spiro atoms. The normalized spacial score (nSPS) is 11.7. The third-order valence-corrected chi connectivity index (χ3v) is 7.29. The van der Waals surface area contributed by atoms with Gasteiger partial charge in [0.1, 0.15) is 11.6 Å². The van der Waals surface area contributed by atoms with Gasteiger partial charge in [0.15, 0.2) is 0 Å². The minimum atomic E-state index is -0.560. The van der Waals surface area contributed by atoms with Crippen molar-refractivity contribution in [2.24, 2.45) is 5.73 Å². The van der Waals surface area contributed by atoms with Crippen LogP contribution in [0.1, 0.15) is 82.5 Å². The average molecular weight is 592 g/mol. The van der Waals surface area contributed by atoms with E-state index >= 15 is 0 Å². The highest BCUT2D eigenvalue weighted by Gasteiger charge is 2.17. The van der Waals surface area contributed by atoms with E-state index in [4.69, 9.17) is 10.5 Å². The van der Waals surface area contributed by atoms with Crippen molar-refractivity contribution in [2.45, 2.75) is 71.9 Å². The van der Waals surface area contributed by atoms with Crippen LogP contribution in [0.4, 0.5) is 4.39 Å². The van der Waals surface area contributed by atoms with E-state index in [9.17, 15) is 19.1 Å². The molecule has 0 aromatic heterocycles. The average Bonchev–Trinajstić information content (AvgIpc) is 2.98. The molecule has 0 saturated carbocycles. The lowest BCUT2D eigenvalue weighted by molar-refractivity contribution is 0.0750. The minimum Gasteiger partial charge on any atom is -0.493 e. The maximum Gasteiger partial charge on any atom is 0.253 e. The largest absolute Gasteiger partial charge is 0.493 e. The predicted molar refractivity (Wildman–Crippen MR) is 169 cm³/mol. The number of halogens is 1. The fraction of sp³-hybridized carbons (Fsp3) is 0.429. The summed E-state index contributed by atoms with van der Waals surface area (Å²) in [4.78, 5) is 26.6. The number of carbonyl (C=O) groups is 2. The molecule has 0 heterocycles. The van der Waals surface area contributed by atoms with Crippen molar-refractivity contribution in [3.8, 4) is 5.75 Å². The van der Waals surface area contributed by atoms with Gasteiger partial charge < -0.3 is 25.8 Å². The highest BCUT2D eigenvalue weighted by atomic mass is 19.1. The second-order valence-corrected chi connectivity index (χ2v) is 11.1. The zero-order valence-corrected chi connectivity index (χ0v) is 25.7. The molecule has 0 bridgehead atoms. The second-order valence-electron chi connectivity index (χ2n) is 11.1. The van der Waals surface area contributed by atoms with Gasteiger partial charge in [-0.25, -0.2) is 4.39 Å². The van der Waals surface area contributed by atoms with Gasteiger partial charge in [-0.3, -0.25) is 9.59 Å². The molecule has 0 radical (unpaired) electrons. The molecule has 0 unspecified atom stereocenters. The molecule has 43 heavy (non-hydrogen) atoms. The van der Waals surface area contributed by atoms with E-state index in [1.54, 1.807) is 23.1 Å². The van der Waals surface area contributed by atoms with Gasteiger partial charge in [0, 0.05) is 43.4 Å². The molecule has 1 atom stereocenters. The third kappa shape index (κ3) is 11.5. The number of benzene rings is 3. The van der Waals surface area contributed by atoms with E-state index < -0.39 is 12.0 Å². The lowest BCUT2D eigenvalue weighted by Crippen LogP contribution is -2.33. The van der Waals surface area contributed by atoms with E-state index in [2.05, 4.69) is 30.4 Å². The van der Waals surface area contributed by atoms with Crippen LogP contribution >= 0.6 is 0 Å². The molecule has 0 aliphatic carbocycles. The minimum absolute atomic E-state index is 0.133. The summed E-state index contributed by atoms with van der Waals surface area (Å²) in [6.45, 7) is 8.65. The Morgan fingerprint density at radius 2 is 1.74 bits per heavy atom. The van der Waals surface area contributed by atoms with Crippen molar-refractivity contribution in [2.75, 3.05) is 26.2 Å². The Kier molecular flexibility index (Phi) is 13.6. The summed E-state index contributed by atoms with van der Waals surface area (Å²) in [5.74, 6) is -0.607. The van der Waals surface area contributed by atoms with E-state index in [1.165, 1.54) is 23.3 Å². The maximum absolute atomic E-state index is 14.3. The van der Waals surface area contributed by atoms with Crippen LogP contribution in [0, 0.1) is 12.7 Å². The quantitative estimate of drug-likeness (QED) is 0.167. The predicted octanol–water partition coefficient (Wildman–Crippen LogP) is 5.59. The van der Waals surface area contributed by atoms with Crippen LogP contribution in [-0.2, 0) is 19.4 Å². The number of nitrogens with one attached hydrogen (secondary N) is 1. The van der Waals surface area contributed by atoms with Crippen LogP contribution in [0.3, 0.4) is 0 Å². The van der Waals surface area contributed by atoms with E-state index in [1.807, 2.05) is 26.0 Å². The Labute approximate surface area is 255 Å². The lowest BCUT2D eigenvalue weighted by Gasteiger charge is -2.22. The van der Waals surface area contributed by atoms with Gasteiger partial charge in [0.25, 0.3) is 5.91 Å². The van der Waals surface area contributed by atoms with Crippen LogP contribution in [0.5, 0.6) is 5.75 Å². The number of nitrogens with zero attached hydrogens (tertiary/aromatic N) is 1. The number of hydrogen-bond acceptors (Lipinski definition) is 5. The maximum atomic E-state index is 14.3. The number of ether oxygens (including phenoxy) is 1. The summed E-state index contributed by atoms with van der Waals surface area (Å²) in [5.41, 5.74) is 10.3. The lowest BCUT2D eigenvalue weighted by atomic mass is 10.0. The molecule has 3 aromatic rings. The summed E-state index contributed by atoms with van der Waals surface area (Å²) in [6, 6.07) is 18.1. The van der Waals surface area contributed by atoms with Crippen LogP contribution < -0.4 is 15.8 Å². The van der Waals surface area contributed by atoms with Gasteiger partial charge in [0.05, 0.1) is 12.7 Å². The Morgan fingerprint density at radius 3 is 2.49 bits per heavy atom. The van der Waals surface area contributed by atoms with Crippen LogP contribution in [-0.4, -0.2) is 54.2 Å². The number of rotatable bonds is 18. The van der Waals surface area contributed by atoms with E-state index in [0.717, 1.165) is 24.0 Å². The first-order valence-electron chi connectivity index (χ1n) is 15.3. The molecule has 0 aliphatic heterocycles. The Bertz CT molecular complexity index is 1350. The summed E-state index contributed by atoms with van der Waals surface area (Å²) >= 11 is 0. The van der Waals surface area contributed by atoms with Crippen LogP contribution in [0.15, 0.2) is 60.7 Å². The molecule has 2 amide bonds. The van der Waals surface area contributed by atoms with Gasteiger partial charge in [-0.05, 0) is 98.0 Å². The van der Waals surface area contributed by atoms with E-state index in [0.29, 0.717) is 75.3 Å². The van der Waals surface area contributed by atoms with Crippen molar-refractivity contribution < 1.29 is 23.8 Å². The molecular weight excluding hydrogens is 545 g/mol. The molecule has 3 rings (SSSR count). The number of aliphatic hydroxyl groups excluding tert-OH is 1. The van der Waals surface area contributed by atoms with Gasteiger partial charge in [-0.1, -0.05) is 38.1 Å². The molecular formula is C35H46FN3O4. The fourth-order valence-electron chi connectivity index (χ4n) is 5.04. The van der Waals surface area contributed by atoms with Gasteiger partial charge in [-0.2, -0.15) is 0 Å². The molecule has 0 saturated heterocycles. The highest BCUT2D eigenvalue weighted by Crippen LogP contribution is 2.19. The number of nitrogens with two attached hydrogens (primary N) is 1. The number of amides is 2. The summed E-state index contributed by atoms with van der Waals surface area (Å²) < 4.78 is 20.1. The number of hydrogen-bond donors (Lipinski definition) is 3. The Hall–Kier alpha value is -3.75. The summed E-state index contributed by atoms with van der Waals surface area (Å²) in [6.07, 6.45) is 3.69. The molecule has 0 fully saturated rings. The Morgan fingerprint density at radius 1 is 0.977 bits per heavy atom. The standard InChI is InChI=1S/C35H46FN3O4/c1-4-13-39(35(42)30-17-25(3)16-29(21-30)34(37)41)14-6-7-15-43-33-20-27(19-31(36)22-33)11-12-32(40)24-38-23-28-10-8-9-26(5-2)18-28/h8-10,16-22,32,38,40H,4-7,11-15,23-24H2,1-3H3,(H2,37,41)/t32-/m0/s1. The van der Waals surface area contributed by atoms with Crippen molar-refractivity contribution >= 4 is 11.8 Å². The van der Waals surface area contributed by atoms with Gasteiger partial charge in [-0.15, -0.1) is 0 Å². The number of unbranched alkanes of at least 4 members (excludes halogenated alkanes) is 1. The smallest absolute Gasteiger partial charge is 0.253 e. The molecule has 8 heteroatoms. The van der Waals surface area contributed by atoms with E-state index in [-0.39, 0.29) is 11.7 Å². The molecule has 3 aromatic carbocycles. The zero-order chi connectivity index (χ0) is 31.2. The highest BCUT2D eigenvalue weighted by molar-refractivity contribution is 5.99. The van der Waals surface area contributed by atoms with Crippen LogP contribution in [0.2, 0.25) is 0 Å². The topological polar surface area (TPSA) is 105 Å². The summed E-state index contributed by atoms with van der Waals surface area (Å²) in [7, 11) is 0. The number of carbonyl (C=O) groups excluding carboxylic acids is 2. The second kappa shape index (κ2) is 17.4. The zero-order valence-electron chi connectivity index (χ0n) is 25.7. The first-order valence-corrected chi connectivity index (χ1v) is 15.3. The fourth-order valence-corrected chi connectivity index (χ4v) is 5.04. The first kappa shape index (κ1) is 33.7. The van der Waals surface area contributed by atoms with Gasteiger partial charge >= 0.3 is 0 Å². The van der Waals surface area contributed by atoms with Gasteiger partial charge in [0.2, 0.25) is 5.91 Å². The summed E-state index contributed by atoms with van der Waals surface area (Å²) in [5, 5.41) is 13.7.